The summed E-state index contributed by atoms with van der Waals surface area (Å²) in [6.07, 6.45) is 12.2. The first-order valence-electron chi connectivity index (χ1n) is 8.62. The Bertz CT molecular complexity index is 205. The SMILES string of the molecule is CCCCCCCOC1CC(C)CCC1NCCC. The molecule has 1 rings (SSSR count). The third kappa shape index (κ3) is 7.31. The second-order valence-electron chi connectivity index (χ2n) is 6.30. The molecule has 1 fully saturated rings. The van der Waals surface area contributed by atoms with Gasteiger partial charge in [0.25, 0.3) is 0 Å². The van der Waals surface area contributed by atoms with Crippen molar-refractivity contribution in [3.8, 4) is 0 Å². The van der Waals surface area contributed by atoms with Crippen molar-refractivity contribution in [2.75, 3.05) is 13.2 Å². The summed E-state index contributed by atoms with van der Waals surface area (Å²) >= 11 is 0. The fourth-order valence-electron chi connectivity index (χ4n) is 3.02. The van der Waals surface area contributed by atoms with Gasteiger partial charge in [-0.1, -0.05) is 46.5 Å². The number of unbranched alkanes of at least 4 members (excludes halogenated alkanes) is 4. The Morgan fingerprint density at radius 2 is 1.79 bits per heavy atom. The number of nitrogens with one attached hydrogen (secondary N) is 1. The Balaban J connectivity index is 2.18. The Morgan fingerprint density at radius 3 is 2.53 bits per heavy atom. The van der Waals surface area contributed by atoms with Crippen LogP contribution in [0.25, 0.3) is 0 Å². The van der Waals surface area contributed by atoms with Gasteiger partial charge in [-0.15, -0.1) is 0 Å². The molecule has 3 atom stereocenters. The summed E-state index contributed by atoms with van der Waals surface area (Å²) < 4.78 is 6.18. The van der Waals surface area contributed by atoms with Crippen LogP contribution >= 0.6 is 0 Å². The van der Waals surface area contributed by atoms with Crippen LogP contribution in [0.4, 0.5) is 0 Å². The van der Waals surface area contributed by atoms with E-state index in [1.165, 1.54) is 57.8 Å². The van der Waals surface area contributed by atoms with Crippen LogP contribution in [-0.4, -0.2) is 25.3 Å². The van der Waals surface area contributed by atoms with Crippen molar-refractivity contribution in [3.63, 3.8) is 0 Å². The van der Waals surface area contributed by atoms with Crippen molar-refractivity contribution in [2.45, 2.75) is 90.7 Å². The van der Waals surface area contributed by atoms with Crippen molar-refractivity contribution in [2.24, 2.45) is 5.92 Å². The van der Waals surface area contributed by atoms with E-state index >= 15 is 0 Å². The van der Waals surface area contributed by atoms with E-state index in [1.54, 1.807) is 0 Å². The molecule has 0 bridgehead atoms. The molecule has 0 aliphatic heterocycles. The van der Waals surface area contributed by atoms with E-state index in [0.29, 0.717) is 12.1 Å². The van der Waals surface area contributed by atoms with Gasteiger partial charge in [0.05, 0.1) is 6.10 Å². The van der Waals surface area contributed by atoms with Crippen LogP contribution in [0.1, 0.15) is 78.6 Å². The zero-order chi connectivity index (χ0) is 13.9. The predicted octanol–water partition coefficient (Wildman–Crippen LogP) is 4.53. The lowest BCUT2D eigenvalue weighted by Crippen LogP contribution is -2.45. The number of hydrogen-bond acceptors (Lipinski definition) is 2. The van der Waals surface area contributed by atoms with Gasteiger partial charge in [0.15, 0.2) is 0 Å². The summed E-state index contributed by atoms with van der Waals surface area (Å²) in [5.74, 6) is 0.838. The molecule has 114 valence electrons. The highest BCUT2D eigenvalue weighted by atomic mass is 16.5. The summed E-state index contributed by atoms with van der Waals surface area (Å²) in [6.45, 7) is 8.97. The topological polar surface area (TPSA) is 21.3 Å². The minimum absolute atomic E-state index is 0.460. The zero-order valence-electron chi connectivity index (χ0n) is 13.4. The number of ether oxygens (including phenoxy) is 1. The van der Waals surface area contributed by atoms with Crippen molar-refractivity contribution in [1.29, 1.82) is 0 Å². The van der Waals surface area contributed by atoms with Crippen LogP contribution in [0.2, 0.25) is 0 Å². The molecule has 2 nitrogen and oxygen atoms in total. The Morgan fingerprint density at radius 1 is 1.00 bits per heavy atom. The quantitative estimate of drug-likeness (QED) is 0.588. The van der Waals surface area contributed by atoms with Gasteiger partial charge in [-0.05, 0) is 44.6 Å². The summed E-state index contributed by atoms with van der Waals surface area (Å²) in [5.41, 5.74) is 0. The normalized spacial score (nSPS) is 27.6. The molecule has 0 radical (unpaired) electrons. The van der Waals surface area contributed by atoms with Crippen LogP contribution in [0, 0.1) is 5.92 Å². The molecule has 0 aromatic heterocycles. The molecule has 0 heterocycles. The molecule has 1 aliphatic rings. The molecule has 3 unspecified atom stereocenters. The average molecular weight is 269 g/mol. The first-order valence-corrected chi connectivity index (χ1v) is 8.62. The highest BCUT2D eigenvalue weighted by molar-refractivity contribution is 4.84. The number of hydrogen-bond donors (Lipinski definition) is 1. The standard InChI is InChI=1S/C17H35NO/c1-4-6-7-8-9-13-19-17-14-15(3)10-11-16(17)18-12-5-2/h15-18H,4-14H2,1-3H3. The second kappa shape index (κ2) is 10.7. The third-order valence-electron chi connectivity index (χ3n) is 4.29. The van der Waals surface area contributed by atoms with Crippen molar-refractivity contribution < 1.29 is 4.74 Å². The van der Waals surface area contributed by atoms with Crippen LogP contribution in [0.15, 0.2) is 0 Å². The van der Waals surface area contributed by atoms with Crippen molar-refractivity contribution in [1.82, 2.24) is 5.32 Å². The molecule has 0 amide bonds. The van der Waals surface area contributed by atoms with Crippen LogP contribution < -0.4 is 5.32 Å². The first kappa shape index (κ1) is 17.0. The minimum atomic E-state index is 0.460. The molecule has 0 spiro atoms. The molecule has 1 N–H and O–H groups in total. The second-order valence-corrected chi connectivity index (χ2v) is 6.30. The molecular formula is C17H35NO. The van der Waals surface area contributed by atoms with E-state index in [0.717, 1.165) is 19.1 Å². The van der Waals surface area contributed by atoms with Gasteiger partial charge in [0, 0.05) is 12.6 Å². The average Bonchev–Trinajstić information content (AvgIpc) is 2.42. The fraction of sp³-hybridized carbons (Fsp3) is 1.00. The maximum absolute atomic E-state index is 6.18. The van der Waals surface area contributed by atoms with Gasteiger partial charge in [0.1, 0.15) is 0 Å². The highest BCUT2D eigenvalue weighted by Crippen LogP contribution is 2.26. The largest absolute Gasteiger partial charge is 0.377 e. The van der Waals surface area contributed by atoms with Gasteiger partial charge >= 0.3 is 0 Å². The molecule has 2 heteroatoms. The van der Waals surface area contributed by atoms with Crippen LogP contribution in [0.3, 0.4) is 0 Å². The maximum atomic E-state index is 6.18. The maximum Gasteiger partial charge on any atom is 0.0730 e. The van der Waals surface area contributed by atoms with E-state index in [1.807, 2.05) is 0 Å². The predicted molar refractivity (Wildman–Crippen MR) is 83.6 cm³/mol. The first-order chi connectivity index (χ1) is 9.27. The summed E-state index contributed by atoms with van der Waals surface area (Å²) in [6, 6.07) is 0.604. The van der Waals surface area contributed by atoms with Crippen molar-refractivity contribution in [3.05, 3.63) is 0 Å². The molecule has 0 aromatic carbocycles. The fourth-order valence-corrected chi connectivity index (χ4v) is 3.02. The van der Waals surface area contributed by atoms with Crippen LogP contribution in [-0.2, 0) is 4.74 Å². The smallest absolute Gasteiger partial charge is 0.0730 e. The molecular weight excluding hydrogens is 234 g/mol. The van der Waals surface area contributed by atoms with Gasteiger partial charge in [-0.25, -0.2) is 0 Å². The molecule has 1 saturated carbocycles. The van der Waals surface area contributed by atoms with E-state index in [-0.39, 0.29) is 0 Å². The van der Waals surface area contributed by atoms with Gasteiger partial charge in [-0.3, -0.25) is 0 Å². The van der Waals surface area contributed by atoms with E-state index in [4.69, 9.17) is 4.74 Å². The Kier molecular flexibility index (Phi) is 9.54. The minimum Gasteiger partial charge on any atom is -0.377 e. The van der Waals surface area contributed by atoms with Crippen LogP contribution in [0.5, 0.6) is 0 Å². The third-order valence-corrected chi connectivity index (χ3v) is 4.29. The lowest BCUT2D eigenvalue weighted by atomic mass is 9.85. The highest BCUT2D eigenvalue weighted by Gasteiger charge is 2.28. The lowest BCUT2D eigenvalue weighted by Gasteiger charge is -2.35. The van der Waals surface area contributed by atoms with Gasteiger partial charge in [0.2, 0.25) is 0 Å². The van der Waals surface area contributed by atoms with Gasteiger partial charge < -0.3 is 10.1 Å². The monoisotopic (exact) mass is 269 g/mol. The Hall–Kier alpha value is -0.0800. The van der Waals surface area contributed by atoms with E-state index in [9.17, 15) is 0 Å². The van der Waals surface area contributed by atoms with E-state index in [2.05, 4.69) is 26.1 Å². The molecule has 0 saturated heterocycles. The van der Waals surface area contributed by atoms with E-state index < -0.39 is 0 Å². The summed E-state index contributed by atoms with van der Waals surface area (Å²) in [5, 5.41) is 3.68. The molecule has 0 aromatic rings. The summed E-state index contributed by atoms with van der Waals surface area (Å²) in [7, 11) is 0. The Labute approximate surface area is 120 Å². The van der Waals surface area contributed by atoms with Gasteiger partial charge in [-0.2, -0.15) is 0 Å². The zero-order valence-corrected chi connectivity index (χ0v) is 13.4. The lowest BCUT2D eigenvalue weighted by molar-refractivity contribution is -0.00901. The van der Waals surface area contributed by atoms with Crippen molar-refractivity contribution >= 4 is 0 Å². The molecule has 19 heavy (non-hydrogen) atoms. The number of rotatable bonds is 10. The summed E-state index contributed by atoms with van der Waals surface area (Å²) in [4.78, 5) is 0. The molecule has 1 aliphatic carbocycles.